The lowest BCUT2D eigenvalue weighted by molar-refractivity contribution is -0.157. The summed E-state index contributed by atoms with van der Waals surface area (Å²) in [5.74, 6) is -1.09. The van der Waals surface area contributed by atoms with Gasteiger partial charge < -0.3 is 14.9 Å². The molecule has 35 heavy (non-hydrogen) atoms. The summed E-state index contributed by atoms with van der Waals surface area (Å²) in [5, 5.41) is 26.4. The summed E-state index contributed by atoms with van der Waals surface area (Å²) in [7, 11) is 0. The van der Waals surface area contributed by atoms with Crippen LogP contribution in [0, 0.1) is 5.92 Å². The van der Waals surface area contributed by atoms with Crippen LogP contribution in [0.15, 0.2) is 84.9 Å². The molecule has 4 heteroatoms. The number of aliphatic hydroxyl groups is 2. The largest absolute Gasteiger partial charge is 0.426 e. The molecule has 0 radical (unpaired) electrons. The fraction of sp³-hybridized carbons (Fsp3) is 0.258. The number of carbonyl (C=O) groups is 1. The van der Waals surface area contributed by atoms with Crippen molar-refractivity contribution in [3.05, 3.63) is 113 Å². The van der Waals surface area contributed by atoms with E-state index in [0.29, 0.717) is 28.0 Å². The SMILES string of the molecule is CC(C)(C)c1ccc2c(c1)C1(O)CC(C(=O)Oc3ccc4ccccc4c3)C2(O)c2ccccc21. The van der Waals surface area contributed by atoms with Crippen molar-refractivity contribution in [3.63, 3.8) is 0 Å². The summed E-state index contributed by atoms with van der Waals surface area (Å²) in [6.07, 6.45) is 0.0491. The second kappa shape index (κ2) is 7.27. The number of rotatable bonds is 2. The van der Waals surface area contributed by atoms with Gasteiger partial charge >= 0.3 is 5.97 Å². The summed E-state index contributed by atoms with van der Waals surface area (Å²) >= 11 is 0. The minimum absolute atomic E-state index is 0.0491. The molecule has 3 unspecified atom stereocenters. The summed E-state index contributed by atoms with van der Waals surface area (Å²) in [6, 6.07) is 26.5. The van der Waals surface area contributed by atoms with Crippen LogP contribution in [0.3, 0.4) is 0 Å². The van der Waals surface area contributed by atoms with Crippen molar-refractivity contribution in [2.24, 2.45) is 5.92 Å². The quantitative estimate of drug-likeness (QED) is 0.302. The highest BCUT2D eigenvalue weighted by Crippen LogP contribution is 2.60. The van der Waals surface area contributed by atoms with E-state index in [4.69, 9.17) is 4.74 Å². The molecule has 0 saturated carbocycles. The van der Waals surface area contributed by atoms with Crippen LogP contribution in [-0.2, 0) is 21.4 Å². The Balaban J connectivity index is 1.47. The molecule has 2 bridgehead atoms. The molecule has 4 aromatic rings. The van der Waals surface area contributed by atoms with Gasteiger partial charge in [0.15, 0.2) is 0 Å². The molecule has 0 fully saturated rings. The lowest BCUT2D eigenvalue weighted by atomic mass is 9.54. The Morgan fingerprint density at radius 3 is 2.20 bits per heavy atom. The molecule has 3 atom stereocenters. The van der Waals surface area contributed by atoms with E-state index < -0.39 is 23.1 Å². The van der Waals surface area contributed by atoms with Crippen molar-refractivity contribution < 1.29 is 19.7 Å². The number of hydrogen-bond acceptors (Lipinski definition) is 4. The summed E-state index contributed by atoms with van der Waals surface area (Å²) < 4.78 is 5.82. The van der Waals surface area contributed by atoms with Gasteiger partial charge in [-0.15, -0.1) is 0 Å². The normalized spacial score (nSPS) is 24.7. The zero-order valence-corrected chi connectivity index (χ0v) is 20.1. The fourth-order valence-corrected chi connectivity index (χ4v) is 5.86. The Labute approximate surface area is 204 Å². The molecule has 4 aromatic carbocycles. The van der Waals surface area contributed by atoms with E-state index in [9.17, 15) is 15.0 Å². The summed E-state index contributed by atoms with van der Waals surface area (Å²) in [4.78, 5) is 13.6. The van der Waals surface area contributed by atoms with Crippen molar-refractivity contribution in [2.75, 3.05) is 0 Å². The van der Waals surface area contributed by atoms with Crippen molar-refractivity contribution in [3.8, 4) is 5.75 Å². The first-order chi connectivity index (χ1) is 16.6. The average molecular weight is 465 g/mol. The maximum Gasteiger partial charge on any atom is 0.318 e. The monoisotopic (exact) mass is 464 g/mol. The molecule has 0 heterocycles. The predicted octanol–water partition coefficient (Wildman–Crippen LogP) is 5.55. The van der Waals surface area contributed by atoms with Crippen LogP contribution in [-0.4, -0.2) is 16.2 Å². The molecular formula is C31H28O4. The smallest absolute Gasteiger partial charge is 0.318 e. The van der Waals surface area contributed by atoms with Gasteiger partial charge in [-0.3, -0.25) is 4.79 Å². The molecule has 0 saturated heterocycles. The van der Waals surface area contributed by atoms with E-state index >= 15 is 0 Å². The molecule has 0 aliphatic heterocycles. The van der Waals surface area contributed by atoms with E-state index in [1.165, 1.54) is 0 Å². The lowest BCUT2D eigenvalue weighted by Gasteiger charge is -2.54. The van der Waals surface area contributed by atoms with Crippen LogP contribution < -0.4 is 4.74 Å². The van der Waals surface area contributed by atoms with Crippen LogP contribution in [0.4, 0.5) is 0 Å². The third-order valence-electron chi connectivity index (χ3n) is 7.75. The van der Waals surface area contributed by atoms with Gasteiger partial charge in [0.05, 0.1) is 5.92 Å². The number of esters is 1. The van der Waals surface area contributed by atoms with E-state index in [1.54, 1.807) is 12.1 Å². The third kappa shape index (κ3) is 3.10. The zero-order valence-electron chi connectivity index (χ0n) is 20.1. The van der Waals surface area contributed by atoms with E-state index in [-0.39, 0.29) is 11.8 Å². The molecule has 3 aliphatic carbocycles. The van der Waals surface area contributed by atoms with E-state index in [2.05, 4.69) is 20.8 Å². The van der Waals surface area contributed by atoms with Crippen molar-refractivity contribution >= 4 is 16.7 Å². The second-order valence-corrected chi connectivity index (χ2v) is 10.9. The molecule has 0 aromatic heterocycles. The number of fused-ring (bicyclic) bond motifs is 2. The average Bonchev–Trinajstić information content (AvgIpc) is 2.85. The van der Waals surface area contributed by atoms with Crippen molar-refractivity contribution in [1.82, 2.24) is 0 Å². The molecule has 0 spiro atoms. The molecule has 2 N–H and O–H groups in total. The first kappa shape index (κ1) is 22.0. The van der Waals surface area contributed by atoms with E-state index in [1.807, 2.05) is 72.8 Å². The minimum atomic E-state index is -1.60. The molecule has 7 rings (SSSR count). The minimum Gasteiger partial charge on any atom is -0.426 e. The first-order valence-corrected chi connectivity index (χ1v) is 12.0. The maximum absolute atomic E-state index is 13.6. The topological polar surface area (TPSA) is 66.8 Å². The van der Waals surface area contributed by atoms with Crippen LogP contribution in [0.5, 0.6) is 5.75 Å². The molecule has 4 nitrogen and oxygen atoms in total. The Bertz CT molecular complexity index is 1500. The Morgan fingerprint density at radius 1 is 0.800 bits per heavy atom. The first-order valence-electron chi connectivity index (χ1n) is 12.0. The summed E-state index contributed by atoms with van der Waals surface area (Å²) in [5.41, 5.74) is 0.387. The second-order valence-electron chi connectivity index (χ2n) is 10.9. The van der Waals surface area contributed by atoms with E-state index in [0.717, 1.165) is 16.3 Å². The number of hydrogen-bond donors (Lipinski definition) is 2. The van der Waals surface area contributed by atoms with Crippen LogP contribution in [0.1, 0.15) is 55.0 Å². The van der Waals surface area contributed by atoms with Crippen LogP contribution in [0.2, 0.25) is 0 Å². The van der Waals surface area contributed by atoms with Gasteiger partial charge in [-0.1, -0.05) is 93.6 Å². The number of benzene rings is 4. The Kier molecular flexibility index (Phi) is 4.57. The number of ether oxygens (including phenoxy) is 1. The third-order valence-corrected chi connectivity index (χ3v) is 7.75. The summed E-state index contributed by atoms with van der Waals surface area (Å²) in [6.45, 7) is 6.35. The highest BCUT2D eigenvalue weighted by Gasteiger charge is 2.62. The predicted molar refractivity (Wildman–Crippen MR) is 135 cm³/mol. The van der Waals surface area contributed by atoms with Gasteiger partial charge in [0.1, 0.15) is 17.0 Å². The highest BCUT2D eigenvalue weighted by molar-refractivity contribution is 5.86. The molecular weight excluding hydrogens is 436 g/mol. The fourth-order valence-electron chi connectivity index (χ4n) is 5.86. The lowest BCUT2D eigenvalue weighted by Crippen LogP contribution is -2.57. The highest BCUT2D eigenvalue weighted by atomic mass is 16.5. The van der Waals surface area contributed by atoms with Gasteiger partial charge in [0.25, 0.3) is 0 Å². The van der Waals surface area contributed by atoms with Gasteiger partial charge in [0.2, 0.25) is 0 Å². The van der Waals surface area contributed by atoms with Crippen molar-refractivity contribution in [1.29, 1.82) is 0 Å². The standard InChI is InChI=1S/C31H28O4/c1-29(2,3)21-13-15-25-26(17-21)30(33)18-27(31(25,34)24-11-7-6-10-23(24)30)28(32)35-22-14-12-19-8-4-5-9-20(19)16-22/h4-17,27,33-34H,18H2,1-3H3. The van der Waals surface area contributed by atoms with Gasteiger partial charge in [0, 0.05) is 6.42 Å². The molecule has 0 amide bonds. The van der Waals surface area contributed by atoms with Crippen LogP contribution in [0.25, 0.3) is 10.8 Å². The van der Waals surface area contributed by atoms with Crippen LogP contribution >= 0.6 is 0 Å². The van der Waals surface area contributed by atoms with Crippen molar-refractivity contribution in [2.45, 2.75) is 43.8 Å². The maximum atomic E-state index is 13.6. The molecule has 3 aliphatic rings. The molecule has 176 valence electrons. The van der Waals surface area contributed by atoms with Gasteiger partial charge in [-0.05, 0) is 56.1 Å². The number of carbonyl (C=O) groups excluding carboxylic acids is 1. The zero-order chi connectivity index (χ0) is 24.6. The van der Waals surface area contributed by atoms with Gasteiger partial charge in [-0.25, -0.2) is 0 Å². The Morgan fingerprint density at radius 2 is 1.46 bits per heavy atom. The van der Waals surface area contributed by atoms with Gasteiger partial charge in [-0.2, -0.15) is 0 Å². The Hall–Kier alpha value is -3.47.